The molecule has 0 aliphatic rings. The number of hydrogen-bond donors (Lipinski definition) is 3. The molecule has 0 spiro atoms. The Bertz CT molecular complexity index is 1010. The summed E-state index contributed by atoms with van der Waals surface area (Å²) >= 11 is 6.16. The predicted molar refractivity (Wildman–Crippen MR) is 99.2 cm³/mol. The van der Waals surface area contributed by atoms with Gasteiger partial charge in [-0.1, -0.05) is 41.9 Å². The van der Waals surface area contributed by atoms with Gasteiger partial charge in [-0.3, -0.25) is 9.59 Å². The number of nitrogens with one attached hydrogen (secondary N) is 1. The highest BCUT2D eigenvalue weighted by atomic mass is 35.5. The lowest BCUT2D eigenvalue weighted by atomic mass is 10.1. The Morgan fingerprint density at radius 3 is 2.56 bits per heavy atom. The zero-order chi connectivity index (χ0) is 19.4. The third kappa shape index (κ3) is 4.27. The van der Waals surface area contributed by atoms with E-state index in [0.29, 0.717) is 23.1 Å². The Hall–Kier alpha value is -3.32. The number of halogens is 1. The van der Waals surface area contributed by atoms with Crippen molar-refractivity contribution in [3.05, 3.63) is 64.9 Å². The highest BCUT2D eigenvalue weighted by Gasteiger charge is 2.19. The summed E-state index contributed by atoms with van der Waals surface area (Å²) in [7, 11) is 0. The summed E-state index contributed by atoms with van der Waals surface area (Å²) in [6.07, 6.45) is 0. The van der Waals surface area contributed by atoms with E-state index < -0.39 is 18.4 Å². The molecule has 8 heteroatoms. The lowest BCUT2D eigenvalue weighted by Crippen LogP contribution is -2.30. The maximum atomic E-state index is 12.0. The molecule has 3 rings (SSSR count). The number of aromatic hydroxyl groups is 1. The van der Waals surface area contributed by atoms with Crippen molar-refractivity contribution < 1.29 is 24.5 Å². The third-order valence-electron chi connectivity index (χ3n) is 3.77. The van der Waals surface area contributed by atoms with Crippen LogP contribution in [-0.4, -0.2) is 33.6 Å². The van der Waals surface area contributed by atoms with Crippen LogP contribution in [0.1, 0.15) is 16.1 Å². The number of hydrogen-bond acceptors (Lipinski definition) is 5. The van der Waals surface area contributed by atoms with E-state index in [4.69, 9.17) is 21.4 Å². The molecule has 0 saturated carbocycles. The Morgan fingerprint density at radius 1 is 1.11 bits per heavy atom. The third-order valence-corrected chi connectivity index (χ3v) is 4.05. The van der Waals surface area contributed by atoms with E-state index in [0.717, 1.165) is 5.56 Å². The zero-order valence-corrected chi connectivity index (χ0v) is 14.7. The fourth-order valence-electron chi connectivity index (χ4n) is 2.47. The molecule has 138 valence electrons. The topological polar surface area (TPSA) is 109 Å². The molecule has 0 bridgehead atoms. The van der Waals surface area contributed by atoms with E-state index in [1.54, 1.807) is 18.2 Å². The number of fused-ring (bicyclic) bond motifs is 1. The van der Waals surface area contributed by atoms with Crippen molar-refractivity contribution in [2.75, 3.05) is 6.54 Å². The predicted octanol–water partition coefficient (Wildman–Crippen LogP) is 2.99. The molecule has 2 aromatic carbocycles. The number of carbonyl (C=O) groups excluding carboxylic acids is 1. The van der Waals surface area contributed by atoms with Gasteiger partial charge in [0.05, 0.1) is 0 Å². The second-order valence-corrected chi connectivity index (χ2v) is 6.02. The molecule has 27 heavy (non-hydrogen) atoms. The first-order valence-electron chi connectivity index (χ1n) is 7.94. The Kier molecular flexibility index (Phi) is 5.42. The van der Waals surface area contributed by atoms with Crippen molar-refractivity contribution in [1.82, 2.24) is 10.3 Å². The van der Waals surface area contributed by atoms with Gasteiger partial charge in [-0.2, -0.15) is 0 Å². The molecular formula is C19H15ClN2O5. The maximum Gasteiger partial charge on any atom is 0.322 e. The van der Waals surface area contributed by atoms with E-state index in [9.17, 15) is 14.7 Å². The monoisotopic (exact) mass is 386 g/mol. The normalized spacial score (nSPS) is 10.6. The fraction of sp³-hybridized carbons (Fsp3) is 0.105. The molecule has 1 amide bonds. The molecule has 0 radical (unpaired) electrons. The second kappa shape index (κ2) is 7.92. The number of aromatic nitrogens is 1. The molecule has 1 aromatic heterocycles. The van der Waals surface area contributed by atoms with Crippen LogP contribution in [0.5, 0.6) is 11.5 Å². The largest absolute Gasteiger partial charge is 0.505 e. The number of carbonyl (C=O) groups is 2. The highest BCUT2D eigenvalue weighted by molar-refractivity contribution is 6.35. The first-order chi connectivity index (χ1) is 13.0. The Morgan fingerprint density at radius 2 is 1.85 bits per heavy atom. The highest BCUT2D eigenvalue weighted by Crippen LogP contribution is 2.34. The number of amides is 1. The summed E-state index contributed by atoms with van der Waals surface area (Å²) in [5.74, 6) is -1.90. The SMILES string of the molecule is O=C(O)CNC(=O)c1nc(Cl)c2cc(OCc3ccccc3)ccc2c1O. The Balaban J connectivity index is 1.87. The molecule has 3 aromatic rings. The fourth-order valence-corrected chi connectivity index (χ4v) is 2.71. The van der Waals surface area contributed by atoms with Crippen LogP contribution in [0, 0.1) is 0 Å². The number of aliphatic carboxylic acids is 1. The summed E-state index contributed by atoms with van der Waals surface area (Å²) in [6, 6.07) is 14.4. The zero-order valence-electron chi connectivity index (χ0n) is 14.0. The first kappa shape index (κ1) is 18.5. The van der Waals surface area contributed by atoms with Crippen molar-refractivity contribution in [1.29, 1.82) is 0 Å². The van der Waals surface area contributed by atoms with Gasteiger partial charge in [-0.05, 0) is 23.8 Å². The van der Waals surface area contributed by atoms with Crippen molar-refractivity contribution in [2.45, 2.75) is 6.61 Å². The number of rotatable bonds is 6. The van der Waals surface area contributed by atoms with E-state index in [1.807, 2.05) is 30.3 Å². The van der Waals surface area contributed by atoms with Crippen molar-refractivity contribution in [3.8, 4) is 11.5 Å². The van der Waals surface area contributed by atoms with Gasteiger partial charge in [-0.25, -0.2) is 4.98 Å². The van der Waals surface area contributed by atoms with Gasteiger partial charge in [0.25, 0.3) is 5.91 Å². The number of benzene rings is 2. The quantitative estimate of drug-likeness (QED) is 0.562. The molecule has 3 N–H and O–H groups in total. The van der Waals surface area contributed by atoms with Crippen molar-refractivity contribution in [2.24, 2.45) is 0 Å². The molecule has 1 heterocycles. The lowest BCUT2D eigenvalue weighted by Gasteiger charge is -2.11. The summed E-state index contributed by atoms with van der Waals surface area (Å²) in [5, 5.41) is 21.8. The van der Waals surface area contributed by atoms with Gasteiger partial charge in [-0.15, -0.1) is 0 Å². The van der Waals surface area contributed by atoms with Crippen LogP contribution in [0.3, 0.4) is 0 Å². The standard InChI is InChI=1S/C19H15ClN2O5/c20-18-14-8-12(27-10-11-4-2-1-3-5-11)6-7-13(14)17(25)16(22-18)19(26)21-9-15(23)24/h1-8,25H,9-10H2,(H,21,26)(H,23,24). The summed E-state index contributed by atoms with van der Waals surface area (Å²) in [4.78, 5) is 26.5. The number of pyridine rings is 1. The minimum absolute atomic E-state index is 0.00608. The molecule has 0 fully saturated rings. The van der Waals surface area contributed by atoms with Crippen LogP contribution in [0.2, 0.25) is 5.15 Å². The molecular weight excluding hydrogens is 372 g/mol. The number of carboxylic acids is 1. The van der Waals surface area contributed by atoms with Gasteiger partial charge < -0.3 is 20.3 Å². The average molecular weight is 387 g/mol. The van der Waals surface area contributed by atoms with Gasteiger partial charge >= 0.3 is 5.97 Å². The van der Waals surface area contributed by atoms with E-state index in [2.05, 4.69) is 10.3 Å². The van der Waals surface area contributed by atoms with Crippen LogP contribution in [0.15, 0.2) is 48.5 Å². The van der Waals surface area contributed by atoms with Gasteiger partial charge in [0.2, 0.25) is 0 Å². The molecule has 0 aliphatic carbocycles. The number of ether oxygens (including phenoxy) is 1. The number of nitrogens with zero attached hydrogens (tertiary/aromatic N) is 1. The smallest absolute Gasteiger partial charge is 0.322 e. The number of carboxylic acid groups (broad SMARTS) is 1. The average Bonchev–Trinajstić information content (AvgIpc) is 2.68. The van der Waals surface area contributed by atoms with Gasteiger partial charge in [0.1, 0.15) is 24.1 Å². The van der Waals surface area contributed by atoms with Crippen molar-refractivity contribution in [3.63, 3.8) is 0 Å². The maximum absolute atomic E-state index is 12.0. The minimum atomic E-state index is -1.21. The van der Waals surface area contributed by atoms with E-state index in [-0.39, 0.29) is 16.6 Å². The van der Waals surface area contributed by atoms with E-state index >= 15 is 0 Å². The summed E-state index contributed by atoms with van der Waals surface area (Å²) in [5.41, 5.74) is 0.654. The molecule has 0 saturated heterocycles. The van der Waals surface area contributed by atoms with Crippen LogP contribution >= 0.6 is 11.6 Å². The molecule has 7 nitrogen and oxygen atoms in total. The first-order valence-corrected chi connectivity index (χ1v) is 8.32. The Labute approximate surface area is 159 Å². The van der Waals surface area contributed by atoms with Gasteiger partial charge in [0.15, 0.2) is 11.4 Å². The summed E-state index contributed by atoms with van der Waals surface area (Å²) in [6.45, 7) is -0.235. The lowest BCUT2D eigenvalue weighted by molar-refractivity contribution is -0.135. The van der Waals surface area contributed by atoms with Crippen LogP contribution in [0.25, 0.3) is 10.8 Å². The molecule has 0 atom stereocenters. The summed E-state index contributed by atoms with van der Waals surface area (Å²) < 4.78 is 5.73. The van der Waals surface area contributed by atoms with E-state index in [1.165, 1.54) is 0 Å². The van der Waals surface area contributed by atoms with Crippen molar-refractivity contribution >= 4 is 34.2 Å². The minimum Gasteiger partial charge on any atom is -0.505 e. The van der Waals surface area contributed by atoms with Gasteiger partial charge in [0, 0.05) is 10.8 Å². The second-order valence-electron chi connectivity index (χ2n) is 5.66. The van der Waals surface area contributed by atoms with Crippen LogP contribution in [-0.2, 0) is 11.4 Å². The van der Waals surface area contributed by atoms with Crippen LogP contribution < -0.4 is 10.1 Å². The molecule has 0 aliphatic heterocycles. The van der Waals surface area contributed by atoms with Crippen LogP contribution in [0.4, 0.5) is 0 Å². The molecule has 0 unspecified atom stereocenters.